The summed E-state index contributed by atoms with van der Waals surface area (Å²) >= 11 is 5.63. The zero-order valence-electron chi connectivity index (χ0n) is 6.71. The second-order valence-electron chi connectivity index (χ2n) is 2.17. The highest BCUT2D eigenvalue weighted by molar-refractivity contribution is 6.17. The van der Waals surface area contributed by atoms with Crippen molar-refractivity contribution in [2.24, 2.45) is 0 Å². The van der Waals surface area contributed by atoms with Gasteiger partial charge in [0.25, 0.3) is 0 Å². The van der Waals surface area contributed by atoms with Crippen molar-refractivity contribution in [3.63, 3.8) is 0 Å². The third-order valence-electron chi connectivity index (χ3n) is 1.52. The molecule has 12 heavy (non-hydrogen) atoms. The van der Waals surface area contributed by atoms with E-state index in [9.17, 15) is 0 Å². The van der Waals surface area contributed by atoms with Gasteiger partial charge >= 0.3 is 0 Å². The van der Waals surface area contributed by atoms with Gasteiger partial charge in [-0.25, -0.2) is 0 Å². The van der Waals surface area contributed by atoms with E-state index in [1.54, 1.807) is 7.11 Å². The van der Waals surface area contributed by atoms with Gasteiger partial charge in [0.15, 0.2) is 0 Å². The lowest BCUT2D eigenvalue weighted by molar-refractivity contribution is 0.416. The Hall–Kier alpha value is -0.600. The molecule has 0 aliphatic heterocycles. The standard InChI is InChI=1S/C8H10ClNO.ClH/c1-11-7-4-2-3-6(5-9)8(7)10;/h2-4H,5,10H2,1H3;1H. The molecule has 0 atom stereocenters. The quantitative estimate of drug-likeness (QED) is 0.598. The van der Waals surface area contributed by atoms with Crippen LogP contribution in [0, 0.1) is 0 Å². The van der Waals surface area contributed by atoms with Gasteiger partial charge in [-0.05, 0) is 11.6 Å². The van der Waals surface area contributed by atoms with Gasteiger partial charge in [-0.1, -0.05) is 12.1 Å². The Morgan fingerprint density at radius 1 is 1.50 bits per heavy atom. The Bertz CT molecular complexity index is 231. The Morgan fingerprint density at radius 2 is 2.17 bits per heavy atom. The molecule has 4 heteroatoms. The van der Waals surface area contributed by atoms with Crippen LogP contribution in [0.3, 0.4) is 0 Å². The Balaban J connectivity index is 0.00000121. The predicted octanol–water partition coefficient (Wildman–Crippen LogP) is 2.44. The number of anilines is 1. The summed E-state index contributed by atoms with van der Waals surface area (Å²) in [6.45, 7) is 0. The van der Waals surface area contributed by atoms with Crippen molar-refractivity contribution in [2.75, 3.05) is 12.8 Å². The van der Waals surface area contributed by atoms with Crippen LogP contribution in [0.4, 0.5) is 5.69 Å². The molecule has 0 fully saturated rings. The molecule has 0 heterocycles. The van der Waals surface area contributed by atoms with E-state index in [4.69, 9.17) is 22.1 Å². The van der Waals surface area contributed by atoms with Gasteiger partial charge in [-0.2, -0.15) is 0 Å². The Morgan fingerprint density at radius 3 is 2.67 bits per heavy atom. The van der Waals surface area contributed by atoms with E-state index in [-0.39, 0.29) is 12.4 Å². The van der Waals surface area contributed by atoms with Crippen LogP contribution in [-0.2, 0) is 5.88 Å². The molecule has 0 aromatic heterocycles. The fraction of sp³-hybridized carbons (Fsp3) is 0.250. The van der Waals surface area contributed by atoms with Crippen LogP contribution in [0.25, 0.3) is 0 Å². The van der Waals surface area contributed by atoms with Crippen molar-refractivity contribution in [2.45, 2.75) is 5.88 Å². The van der Waals surface area contributed by atoms with Gasteiger partial charge < -0.3 is 10.5 Å². The summed E-state index contributed by atoms with van der Waals surface area (Å²) in [5.41, 5.74) is 7.23. The fourth-order valence-electron chi connectivity index (χ4n) is 0.884. The summed E-state index contributed by atoms with van der Waals surface area (Å²) < 4.78 is 5.00. The van der Waals surface area contributed by atoms with Gasteiger partial charge in [0.2, 0.25) is 0 Å². The van der Waals surface area contributed by atoms with Crippen LogP contribution in [0.1, 0.15) is 5.56 Å². The lowest BCUT2D eigenvalue weighted by Crippen LogP contribution is -1.95. The number of hydrogen-bond donors (Lipinski definition) is 1. The summed E-state index contributed by atoms with van der Waals surface area (Å²) in [7, 11) is 1.59. The number of methoxy groups -OCH3 is 1. The molecule has 2 N–H and O–H groups in total. The van der Waals surface area contributed by atoms with Gasteiger partial charge in [-0.15, -0.1) is 24.0 Å². The van der Waals surface area contributed by atoms with Crippen LogP contribution in [-0.4, -0.2) is 7.11 Å². The molecule has 0 spiro atoms. The minimum absolute atomic E-state index is 0. The highest BCUT2D eigenvalue weighted by Gasteiger charge is 2.02. The third kappa shape index (κ3) is 2.19. The van der Waals surface area contributed by atoms with Gasteiger partial charge in [0.1, 0.15) is 5.75 Å². The Kier molecular flexibility index (Phi) is 4.86. The van der Waals surface area contributed by atoms with Crippen molar-refractivity contribution in [3.05, 3.63) is 23.8 Å². The van der Waals surface area contributed by atoms with Crippen LogP contribution in [0.5, 0.6) is 5.75 Å². The van der Waals surface area contributed by atoms with Gasteiger partial charge in [0.05, 0.1) is 12.8 Å². The summed E-state index contributed by atoms with van der Waals surface area (Å²) in [6.07, 6.45) is 0. The SMILES string of the molecule is COc1cccc(CCl)c1N.Cl. The highest BCUT2D eigenvalue weighted by atomic mass is 35.5. The summed E-state index contributed by atoms with van der Waals surface area (Å²) in [5, 5.41) is 0. The molecular weight excluding hydrogens is 197 g/mol. The largest absolute Gasteiger partial charge is 0.495 e. The Labute approximate surface area is 83.1 Å². The second-order valence-corrected chi connectivity index (χ2v) is 2.43. The summed E-state index contributed by atoms with van der Waals surface area (Å²) in [5.74, 6) is 1.10. The van der Waals surface area contributed by atoms with E-state index in [0.29, 0.717) is 17.3 Å². The predicted molar refractivity (Wildman–Crippen MR) is 54.2 cm³/mol. The van der Waals surface area contributed by atoms with Crippen molar-refractivity contribution in [3.8, 4) is 5.75 Å². The monoisotopic (exact) mass is 207 g/mol. The molecule has 1 aromatic carbocycles. The normalized spacial score (nSPS) is 8.83. The molecule has 0 aliphatic carbocycles. The molecule has 68 valence electrons. The lowest BCUT2D eigenvalue weighted by Gasteiger charge is -2.06. The molecule has 0 saturated carbocycles. The van der Waals surface area contributed by atoms with E-state index in [0.717, 1.165) is 5.56 Å². The average molecular weight is 208 g/mol. The number of rotatable bonds is 2. The molecule has 0 saturated heterocycles. The average Bonchev–Trinajstić information content (AvgIpc) is 2.05. The molecule has 0 aliphatic rings. The molecule has 2 nitrogen and oxygen atoms in total. The number of nitrogen functional groups attached to an aromatic ring is 1. The number of hydrogen-bond acceptors (Lipinski definition) is 2. The van der Waals surface area contributed by atoms with E-state index in [1.807, 2.05) is 18.2 Å². The van der Waals surface area contributed by atoms with Crippen LogP contribution >= 0.6 is 24.0 Å². The third-order valence-corrected chi connectivity index (χ3v) is 1.81. The molecular formula is C8H11Cl2NO. The number of alkyl halides is 1. The lowest BCUT2D eigenvalue weighted by atomic mass is 10.2. The second kappa shape index (κ2) is 5.12. The van der Waals surface area contributed by atoms with Crippen LogP contribution in [0.15, 0.2) is 18.2 Å². The number of ether oxygens (including phenoxy) is 1. The highest BCUT2D eigenvalue weighted by Crippen LogP contribution is 2.25. The summed E-state index contributed by atoms with van der Waals surface area (Å²) in [6, 6.07) is 5.56. The van der Waals surface area contributed by atoms with Gasteiger partial charge in [0, 0.05) is 5.88 Å². The molecule has 0 radical (unpaired) electrons. The van der Waals surface area contributed by atoms with Crippen LogP contribution in [0.2, 0.25) is 0 Å². The first-order chi connectivity index (χ1) is 5.29. The zero-order valence-corrected chi connectivity index (χ0v) is 8.28. The number of halogens is 2. The topological polar surface area (TPSA) is 35.2 Å². The molecule has 1 aromatic rings. The van der Waals surface area contributed by atoms with E-state index < -0.39 is 0 Å². The van der Waals surface area contributed by atoms with Crippen molar-refractivity contribution in [1.82, 2.24) is 0 Å². The first kappa shape index (κ1) is 11.4. The minimum Gasteiger partial charge on any atom is -0.495 e. The minimum atomic E-state index is 0. The van der Waals surface area contributed by atoms with Crippen molar-refractivity contribution in [1.29, 1.82) is 0 Å². The molecule has 0 amide bonds. The maximum absolute atomic E-state index is 5.69. The first-order valence-electron chi connectivity index (χ1n) is 3.27. The number of nitrogens with two attached hydrogens (primary N) is 1. The zero-order chi connectivity index (χ0) is 8.27. The van der Waals surface area contributed by atoms with Crippen molar-refractivity contribution >= 4 is 29.7 Å². The van der Waals surface area contributed by atoms with Crippen molar-refractivity contribution < 1.29 is 4.74 Å². The van der Waals surface area contributed by atoms with E-state index in [1.165, 1.54) is 0 Å². The van der Waals surface area contributed by atoms with Crippen LogP contribution < -0.4 is 10.5 Å². The number of para-hydroxylation sites is 1. The van der Waals surface area contributed by atoms with E-state index >= 15 is 0 Å². The maximum Gasteiger partial charge on any atom is 0.142 e. The molecule has 1 rings (SSSR count). The maximum atomic E-state index is 5.69. The molecule has 0 bridgehead atoms. The van der Waals surface area contributed by atoms with E-state index in [2.05, 4.69) is 0 Å². The smallest absolute Gasteiger partial charge is 0.142 e. The molecule has 0 unspecified atom stereocenters. The summed E-state index contributed by atoms with van der Waals surface area (Å²) in [4.78, 5) is 0. The first-order valence-corrected chi connectivity index (χ1v) is 3.80. The number of benzene rings is 1. The van der Waals surface area contributed by atoms with Gasteiger partial charge in [-0.3, -0.25) is 0 Å². The fourth-order valence-corrected chi connectivity index (χ4v) is 1.12.